The molecule has 2 aromatic rings. The zero-order valence-electron chi connectivity index (χ0n) is 11.3. The van der Waals surface area contributed by atoms with Gasteiger partial charge in [-0.3, -0.25) is 9.47 Å². The van der Waals surface area contributed by atoms with E-state index in [1.54, 1.807) is 7.11 Å². The van der Waals surface area contributed by atoms with Crippen LogP contribution in [-0.4, -0.2) is 34.7 Å². The summed E-state index contributed by atoms with van der Waals surface area (Å²) >= 11 is 0. The molecule has 5 heteroatoms. The Hall–Kier alpha value is -1.75. The molecule has 19 heavy (non-hydrogen) atoms. The Morgan fingerprint density at radius 3 is 3.05 bits per heavy atom. The van der Waals surface area contributed by atoms with Gasteiger partial charge in [0.25, 0.3) is 0 Å². The fraction of sp³-hybridized carbons (Fsp3) is 0.500. The Balaban J connectivity index is 2.22. The number of imidazole rings is 1. The quantitative estimate of drug-likeness (QED) is 0.918. The van der Waals surface area contributed by atoms with Gasteiger partial charge in [-0.2, -0.15) is 0 Å². The van der Waals surface area contributed by atoms with Gasteiger partial charge in [0.2, 0.25) is 0 Å². The van der Waals surface area contributed by atoms with Crippen LogP contribution in [0.5, 0.6) is 5.75 Å². The second-order valence-electron chi connectivity index (χ2n) is 4.91. The summed E-state index contributed by atoms with van der Waals surface area (Å²) in [5.74, 6) is 0.749. The van der Waals surface area contributed by atoms with Crippen LogP contribution in [0.25, 0.3) is 11.0 Å². The summed E-state index contributed by atoms with van der Waals surface area (Å²) in [4.78, 5) is 17.5. The van der Waals surface area contributed by atoms with E-state index < -0.39 is 0 Å². The van der Waals surface area contributed by atoms with E-state index in [1.165, 1.54) is 0 Å². The first-order valence-electron chi connectivity index (χ1n) is 6.77. The highest BCUT2D eigenvalue weighted by molar-refractivity contribution is 5.82. The number of hydrogen-bond acceptors (Lipinski definition) is 3. The molecular weight excluding hydrogens is 242 g/mol. The zero-order valence-corrected chi connectivity index (χ0v) is 11.3. The summed E-state index contributed by atoms with van der Waals surface area (Å²) in [7, 11) is 1.64. The van der Waals surface area contributed by atoms with E-state index in [1.807, 2.05) is 22.8 Å². The minimum Gasteiger partial charge on any atom is -0.494 e. The normalized spacial score (nSPS) is 20.2. The van der Waals surface area contributed by atoms with Crippen molar-refractivity contribution in [1.29, 1.82) is 0 Å². The molecule has 1 aromatic heterocycles. The molecule has 0 amide bonds. The van der Waals surface area contributed by atoms with Crippen molar-refractivity contribution in [3.63, 3.8) is 0 Å². The molecule has 102 valence electrons. The van der Waals surface area contributed by atoms with Crippen LogP contribution in [0, 0.1) is 0 Å². The molecule has 5 nitrogen and oxygen atoms in total. The average Bonchev–Trinajstić information content (AvgIpc) is 3.00. The second kappa shape index (κ2) is 4.74. The van der Waals surface area contributed by atoms with Crippen LogP contribution in [0.2, 0.25) is 0 Å². The molecule has 1 fully saturated rings. The monoisotopic (exact) mass is 261 g/mol. The maximum atomic E-state index is 12.3. The van der Waals surface area contributed by atoms with E-state index in [-0.39, 0.29) is 11.9 Å². The number of hydrogen-bond donors (Lipinski definition) is 1. The third-order valence-electron chi connectivity index (χ3n) is 3.95. The molecule has 1 unspecified atom stereocenters. The Labute approximate surface area is 111 Å². The molecule has 1 saturated heterocycles. The maximum Gasteiger partial charge on any atom is 0.327 e. The number of H-pyrrole nitrogens is 1. The topological polar surface area (TPSA) is 50.3 Å². The summed E-state index contributed by atoms with van der Waals surface area (Å²) in [6.07, 6.45) is 2.29. The molecule has 3 rings (SSSR count). The summed E-state index contributed by atoms with van der Waals surface area (Å²) in [6, 6.07) is 5.71. The van der Waals surface area contributed by atoms with Crippen LogP contribution >= 0.6 is 0 Å². The van der Waals surface area contributed by atoms with Gasteiger partial charge in [0.15, 0.2) is 0 Å². The van der Waals surface area contributed by atoms with Gasteiger partial charge < -0.3 is 9.72 Å². The molecule has 0 bridgehead atoms. The highest BCUT2D eigenvalue weighted by Crippen LogP contribution is 2.31. The van der Waals surface area contributed by atoms with Crippen molar-refractivity contribution in [1.82, 2.24) is 14.5 Å². The summed E-state index contributed by atoms with van der Waals surface area (Å²) in [5, 5.41) is 0. The molecule has 1 N–H and O–H groups in total. The Morgan fingerprint density at radius 2 is 2.32 bits per heavy atom. The van der Waals surface area contributed by atoms with E-state index in [0.717, 1.165) is 42.7 Å². The number of nitrogens with zero attached hydrogens (tertiary/aromatic N) is 2. The largest absolute Gasteiger partial charge is 0.494 e. The van der Waals surface area contributed by atoms with Crippen molar-refractivity contribution in [3.8, 4) is 5.75 Å². The van der Waals surface area contributed by atoms with Gasteiger partial charge in [0.05, 0.1) is 18.8 Å². The van der Waals surface area contributed by atoms with E-state index in [9.17, 15) is 4.79 Å². The van der Waals surface area contributed by atoms with E-state index >= 15 is 0 Å². The number of likely N-dealkylation sites (tertiary alicyclic amines) is 1. The molecule has 2 heterocycles. The van der Waals surface area contributed by atoms with Gasteiger partial charge in [-0.05, 0) is 31.5 Å². The minimum absolute atomic E-state index is 0.0511. The van der Waals surface area contributed by atoms with Gasteiger partial charge in [-0.1, -0.05) is 13.0 Å². The highest BCUT2D eigenvalue weighted by Gasteiger charge is 2.28. The van der Waals surface area contributed by atoms with Crippen molar-refractivity contribution in [2.45, 2.75) is 25.9 Å². The van der Waals surface area contributed by atoms with Crippen molar-refractivity contribution in [2.75, 3.05) is 20.2 Å². The second-order valence-corrected chi connectivity index (χ2v) is 4.91. The van der Waals surface area contributed by atoms with Crippen molar-refractivity contribution in [3.05, 3.63) is 28.7 Å². The lowest BCUT2D eigenvalue weighted by Crippen LogP contribution is -2.32. The van der Waals surface area contributed by atoms with Gasteiger partial charge in [-0.25, -0.2) is 4.79 Å². The van der Waals surface area contributed by atoms with Crippen LogP contribution < -0.4 is 10.4 Å². The van der Waals surface area contributed by atoms with Crippen LogP contribution in [0.4, 0.5) is 0 Å². The standard InChI is InChI=1S/C14H19N3O2/c1-3-16-9-5-8-12(16)17-13-10(15-14(17)18)6-4-7-11(13)19-2/h4,6-7,12H,3,5,8-9H2,1-2H3,(H,15,18). The third-order valence-corrected chi connectivity index (χ3v) is 3.95. The maximum absolute atomic E-state index is 12.3. The number of ether oxygens (including phenoxy) is 1. The Morgan fingerprint density at radius 1 is 1.47 bits per heavy atom. The van der Waals surface area contributed by atoms with Crippen LogP contribution in [0.3, 0.4) is 0 Å². The zero-order chi connectivity index (χ0) is 13.4. The molecule has 1 aromatic carbocycles. The molecule has 1 aliphatic heterocycles. The number of aromatic amines is 1. The lowest BCUT2D eigenvalue weighted by Gasteiger charge is -2.24. The van der Waals surface area contributed by atoms with E-state index in [4.69, 9.17) is 4.74 Å². The Kier molecular flexibility index (Phi) is 3.06. The van der Waals surface area contributed by atoms with Crippen LogP contribution in [0.15, 0.2) is 23.0 Å². The summed E-state index contributed by atoms with van der Waals surface area (Å²) in [6.45, 7) is 4.14. The molecule has 0 radical (unpaired) electrons. The Bertz CT molecular complexity index is 644. The smallest absolute Gasteiger partial charge is 0.327 e. The lowest BCUT2D eigenvalue weighted by molar-refractivity contribution is 0.203. The van der Waals surface area contributed by atoms with Gasteiger partial charge >= 0.3 is 5.69 Å². The summed E-state index contributed by atoms with van der Waals surface area (Å²) in [5.41, 5.74) is 1.66. The third kappa shape index (κ3) is 1.85. The fourth-order valence-corrected chi connectivity index (χ4v) is 3.07. The van der Waals surface area contributed by atoms with E-state index in [2.05, 4.69) is 16.8 Å². The molecule has 1 aliphatic rings. The van der Waals surface area contributed by atoms with Crippen molar-refractivity contribution < 1.29 is 4.74 Å². The van der Waals surface area contributed by atoms with Crippen LogP contribution in [0.1, 0.15) is 25.9 Å². The average molecular weight is 261 g/mol. The number of benzene rings is 1. The first-order chi connectivity index (χ1) is 9.26. The molecule has 1 atom stereocenters. The number of fused-ring (bicyclic) bond motifs is 1. The first kappa shape index (κ1) is 12.3. The van der Waals surface area contributed by atoms with Gasteiger partial charge in [0, 0.05) is 6.54 Å². The molecule has 0 spiro atoms. The van der Waals surface area contributed by atoms with Gasteiger partial charge in [-0.15, -0.1) is 0 Å². The van der Waals surface area contributed by atoms with Crippen molar-refractivity contribution in [2.24, 2.45) is 0 Å². The molecule has 0 aliphatic carbocycles. The number of aromatic nitrogens is 2. The molecular formula is C14H19N3O2. The molecule has 0 saturated carbocycles. The summed E-state index contributed by atoms with van der Waals surface area (Å²) < 4.78 is 7.26. The number of methoxy groups -OCH3 is 1. The minimum atomic E-state index is -0.0511. The van der Waals surface area contributed by atoms with E-state index in [0.29, 0.717) is 0 Å². The highest BCUT2D eigenvalue weighted by atomic mass is 16.5. The van der Waals surface area contributed by atoms with Crippen molar-refractivity contribution >= 4 is 11.0 Å². The lowest BCUT2D eigenvalue weighted by atomic mass is 10.2. The predicted octanol–water partition coefficient (Wildman–Crippen LogP) is 1.95. The number of para-hydroxylation sites is 1. The number of nitrogens with one attached hydrogen (secondary N) is 1. The SMILES string of the molecule is CCN1CCCC1n1c(=O)[nH]c2cccc(OC)c21. The fourth-order valence-electron chi connectivity index (χ4n) is 3.07. The predicted molar refractivity (Wildman–Crippen MR) is 74.6 cm³/mol. The number of rotatable bonds is 3. The first-order valence-corrected chi connectivity index (χ1v) is 6.77. The van der Waals surface area contributed by atoms with Gasteiger partial charge in [0.1, 0.15) is 11.3 Å². The van der Waals surface area contributed by atoms with Crippen LogP contribution in [-0.2, 0) is 0 Å².